The highest BCUT2D eigenvalue weighted by atomic mass is 16.5. The molecule has 0 spiro atoms. The lowest BCUT2D eigenvalue weighted by molar-refractivity contribution is -0.139. The Morgan fingerprint density at radius 3 is 2.59 bits per heavy atom. The Balaban J connectivity index is 2.01. The van der Waals surface area contributed by atoms with E-state index in [9.17, 15) is 14.4 Å². The molecule has 1 unspecified atom stereocenters. The third kappa shape index (κ3) is 6.53. The molecule has 1 rings (SSSR count). The number of hydrogen-bond acceptors (Lipinski definition) is 5. The highest BCUT2D eigenvalue weighted by molar-refractivity contribution is 6.03. The summed E-state index contributed by atoms with van der Waals surface area (Å²) in [6, 6.07) is 0. The molecule has 1 atom stereocenters. The number of nitrogens with zero attached hydrogens (tertiary/aromatic N) is 2. The van der Waals surface area contributed by atoms with Crippen LogP contribution in [0.1, 0.15) is 45.4 Å². The lowest BCUT2D eigenvalue weighted by atomic mass is 10.1. The van der Waals surface area contributed by atoms with Gasteiger partial charge in [0, 0.05) is 45.4 Å². The van der Waals surface area contributed by atoms with Crippen molar-refractivity contribution in [2.24, 2.45) is 5.92 Å². The monoisotopic (exact) mass is 313 g/mol. The quantitative estimate of drug-likeness (QED) is 0.353. The molecule has 1 saturated heterocycles. The lowest BCUT2D eigenvalue weighted by Gasteiger charge is -2.13. The normalized spacial score (nSPS) is 18.4. The number of hydroxylamine groups is 2. The summed E-state index contributed by atoms with van der Waals surface area (Å²) in [5.74, 6) is -0.307. The van der Waals surface area contributed by atoms with Crippen LogP contribution in [0.25, 0.3) is 0 Å². The molecular formula is C15H27N3O4. The number of nitrogens with one attached hydrogen (secondary N) is 1. The molecule has 0 bridgehead atoms. The number of likely N-dealkylation sites (tertiary alicyclic amines) is 1. The Labute approximate surface area is 131 Å². The summed E-state index contributed by atoms with van der Waals surface area (Å²) in [5, 5.41) is 12.7. The molecule has 3 amide bonds. The number of unbranched alkanes of at least 4 members (excludes halogenated alkanes) is 3. The van der Waals surface area contributed by atoms with Crippen LogP contribution < -0.4 is 5.32 Å². The molecule has 126 valence electrons. The Morgan fingerprint density at radius 1 is 1.32 bits per heavy atom. The molecule has 2 N–H and O–H groups in total. The van der Waals surface area contributed by atoms with E-state index < -0.39 is 0 Å². The van der Waals surface area contributed by atoms with Gasteiger partial charge in [-0.25, -0.2) is 0 Å². The van der Waals surface area contributed by atoms with Crippen LogP contribution in [0.4, 0.5) is 0 Å². The summed E-state index contributed by atoms with van der Waals surface area (Å²) in [7, 11) is 1.53. The highest BCUT2D eigenvalue weighted by Crippen LogP contribution is 2.19. The number of likely N-dealkylation sites (N-methyl/N-ethyl adjacent to an activating group) is 1. The van der Waals surface area contributed by atoms with Gasteiger partial charge in [0.05, 0.1) is 0 Å². The van der Waals surface area contributed by atoms with E-state index in [1.54, 1.807) is 6.92 Å². The zero-order valence-electron chi connectivity index (χ0n) is 13.5. The summed E-state index contributed by atoms with van der Waals surface area (Å²) >= 11 is 0. The van der Waals surface area contributed by atoms with Crippen molar-refractivity contribution in [1.82, 2.24) is 15.3 Å². The van der Waals surface area contributed by atoms with Gasteiger partial charge >= 0.3 is 0 Å². The lowest BCUT2D eigenvalue weighted by Crippen LogP contribution is -2.31. The number of carbonyl (C=O) groups excluding carboxylic acids is 3. The van der Waals surface area contributed by atoms with Gasteiger partial charge < -0.3 is 10.5 Å². The number of carbonyl (C=O) groups is 3. The Bertz CT molecular complexity index is 398. The molecule has 0 radical (unpaired) electrons. The van der Waals surface area contributed by atoms with Gasteiger partial charge in [0.15, 0.2) is 0 Å². The first-order valence-corrected chi connectivity index (χ1v) is 7.92. The third-order valence-corrected chi connectivity index (χ3v) is 3.76. The van der Waals surface area contributed by atoms with Gasteiger partial charge in [-0.2, -0.15) is 5.06 Å². The van der Waals surface area contributed by atoms with E-state index in [1.165, 1.54) is 11.9 Å². The maximum Gasteiger partial charge on any atom is 0.232 e. The van der Waals surface area contributed by atoms with Crippen LogP contribution >= 0.6 is 0 Å². The van der Waals surface area contributed by atoms with Crippen LogP contribution in [0.15, 0.2) is 0 Å². The van der Waals surface area contributed by atoms with Crippen LogP contribution in [0, 0.1) is 5.92 Å². The SMILES string of the molecule is CC1CC(=O)N(CCCCCCC(=O)NCCN(C)O)C1=O. The second-order valence-corrected chi connectivity index (χ2v) is 5.88. The zero-order chi connectivity index (χ0) is 16.5. The fourth-order valence-corrected chi connectivity index (χ4v) is 2.44. The van der Waals surface area contributed by atoms with E-state index in [1.807, 2.05) is 0 Å². The van der Waals surface area contributed by atoms with E-state index in [-0.39, 0.29) is 23.6 Å². The molecule has 7 heteroatoms. The molecule has 1 aliphatic heterocycles. The van der Waals surface area contributed by atoms with E-state index >= 15 is 0 Å². The van der Waals surface area contributed by atoms with Crippen LogP contribution in [0.3, 0.4) is 0 Å². The van der Waals surface area contributed by atoms with Crippen molar-refractivity contribution in [1.29, 1.82) is 0 Å². The van der Waals surface area contributed by atoms with Gasteiger partial charge in [-0.05, 0) is 12.8 Å². The molecule has 0 saturated carbocycles. The van der Waals surface area contributed by atoms with Crippen LogP contribution in [-0.2, 0) is 14.4 Å². The first-order valence-electron chi connectivity index (χ1n) is 7.92. The minimum atomic E-state index is -0.172. The van der Waals surface area contributed by atoms with E-state index in [2.05, 4.69) is 5.32 Å². The number of rotatable bonds is 10. The highest BCUT2D eigenvalue weighted by Gasteiger charge is 2.34. The second-order valence-electron chi connectivity index (χ2n) is 5.88. The number of amides is 3. The molecule has 0 aliphatic carbocycles. The van der Waals surface area contributed by atoms with Crippen molar-refractivity contribution < 1.29 is 19.6 Å². The van der Waals surface area contributed by atoms with E-state index in [0.717, 1.165) is 30.7 Å². The largest absolute Gasteiger partial charge is 0.355 e. The molecule has 0 aromatic carbocycles. The first-order chi connectivity index (χ1) is 10.4. The van der Waals surface area contributed by atoms with Crippen LogP contribution in [0.5, 0.6) is 0 Å². The maximum absolute atomic E-state index is 11.7. The van der Waals surface area contributed by atoms with Crippen LogP contribution in [0.2, 0.25) is 0 Å². The van der Waals surface area contributed by atoms with Crippen molar-refractivity contribution in [3.05, 3.63) is 0 Å². The molecule has 0 aromatic heterocycles. The fourth-order valence-electron chi connectivity index (χ4n) is 2.44. The van der Waals surface area contributed by atoms with Gasteiger partial charge in [0.1, 0.15) is 0 Å². The fraction of sp³-hybridized carbons (Fsp3) is 0.800. The molecular weight excluding hydrogens is 286 g/mol. The van der Waals surface area contributed by atoms with Crippen molar-refractivity contribution >= 4 is 17.7 Å². The minimum Gasteiger partial charge on any atom is -0.355 e. The average Bonchev–Trinajstić information content (AvgIpc) is 2.68. The molecule has 1 aliphatic rings. The van der Waals surface area contributed by atoms with E-state index in [0.29, 0.717) is 32.5 Å². The van der Waals surface area contributed by atoms with Gasteiger partial charge in [0.25, 0.3) is 0 Å². The number of imide groups is 1. The molecule has 7 nitrogen and oxygen atoms in total. The van der Waals surface area contributed by atoms with Gasteiger partial charge in [-0.3, -0.25) is 19.3 Å². The molecule has 1 heterocycles. The third-order valence-electron chi connectivity index (χ3n) is 3.76. The molecule has 0 aromatic rings. The van der Waals surface area contributed by atoms with Gasteiger partial charge in [-0.15, -0.1) is 0 Å². The minimum absolute atomic E-state index is 0.0134. The van der Waals surface area contributed by atoms with E-state index in [4.69, 9.17) is 5.21 Å². The standard InChI is InChI=1S/C15H27N3O4/c1-12-11-14(20)18(15(12)21)9-6-4-3-5-7-13(19)16-8-10-17(2)22/h12,22H,3-11H2,1-2H3,(H,16,19). The topological polar surface area (TPSA) is 90.0 Å². The van der Waals surface area contributed by atoms with Crippen molar-refractivity contribution in [3.63, 3.8) is 0 Å². The Hall–Kier alpha value is -1.47. The van der Waals surface area contributed by atoms with Gasteiger partial charge in [0.2, 0.25) is 17.7 Å². The second kappa shape index (κ2) is 9.53. The molecule has 1 fully saturated rings. The smallest absolute Gasteiger partial charge is 0.232 e. The van der Waals surface area contributed by atoms with Crippen molar-refractivity contribution in [2.45, 2.75) is 45.4 Å². The zero-order valence-corrected chi connectivity index (χ0v) is 13.5. The summed E-state index contributed by atoms with van der Waals surface area (Å²) in [6.07, 6.45) is 4.19. The van der Waals surface area contributed by atoms with Crippen molar-refractivity contribution in [3.8, 4) is 0 Å². The van der Waals surface area contributed by atoms with Crippen LogP contribution in [-0.4, -0.2) is 59.6 Å². The summed E-state index contributed by atoms with van der Waals surface area (Å²) in [6.45, 7) is 3.12. The summed E-state index contributed by atoms with van der Waals surface area (Å²) < 4.78 is 0. The van der Waals surface area contributed by atoms with Gasteiger partial charge in [-0.1, -0.05) is 19.8 Å². The first kappa shape index (κ1) is 18.6. The summed E-state index contributed by atoms with van der Waals surface area (Å²) in [5.41, 5.74) is 0. The van der Waals surface area contributed by atoms with Crippen molar-refractivity contribution in [2.75, 3.05) is 26.7 Å². The predicted octanol–water partition coefficient (Wildman–Crippen LogP) is 0.769. The maximum atomic E-state index is 11.7. The Morgan fingerprint density at radius 2 is 2.00 bits per heavy atom. The summed E-state index contributed by atoms with van der Waals surface area (Å²) in [4.78, 5) is 36.1. The average molecular weight is 313 g/mol. The molecule has 22 heavy (non-hydrogen) atoms. The predicted molar refractivity (Wildman–Crippen MR) is 81.0 cm³/mol. The number of hydrogen-bond donors (Lipinski definition) is 2. The Kier molecular flexibility index (Phi) is 8.05.